The topological polar surface area (TPSA) is 0 Å². The van der Waals surface area contributed by atoms with Crippen molar-refractivity contribution in [1.29, 1.82) is 0 Å². The van der Waals surface area contributed by atoms with Crippen molar-refractivity contribution in [3.8, 4) is 44.5 Å². The molecule has 0 bridgehead atoms. The van der Waals surface area contributed by atoms with Crippen molar-refractivity contribution in [2.45, 2.75) is 31.1 Å². The van der Waals surface area contributed by atoms with Crippen LogP contribution in [0.15, 0.2) is 218 Å². The lowest BCUT2D eigenvalue weighted by atomic mass is 9.78. The van der Waals surface area contributed by atoms with Crippen LogP contribution in [-0.2, 0) is 5.41 Å². The van der Waals surface area contributed by atoms with E-state index < -0.39 is 0 Å². The molecule has 0 nitrogen and oxygen atoms in total. The summed E-state index contributed by atoms with van der Waals surface area (Å²) in [6.45, 7) is 4.75. The Morgan fingerprint density at radius 1 is 0.328 bits per heavy atom. The molecule has 2 unspecified atom stereocenters. The molecule has 288 valence electrons. The zero-order valence-corrected chi connectivity index (χ0v) is 34.4. The van der Waals surface area contributed by atoms with Crippen LogP contribution in [0.25, 0.3) is 66.1 Å². The average Bonchev–Trinajstić information content (AvgIpc) is 3.76. The summed E-state index contributed by atoms with van der Waals surface area (Å²) in [5.74, 6) is 0.288. The van der Waals surface area contributed by atoms with Crippen molar-refractivity contribution in [2.24, 2.45) is 0 Å². The first-order chi connectivity index (χ1) is 30.0. The van der Waals surface area contributed by atoms with E-state index in [4.69, 9.17) is 0 Å². The Morgan fingerprint density at radius 3 is 1.77 bits per heavy atom. The molecule has 0 heteroatoms. The van der Waals surface area contributed by atoms with Gasteiger partial charge in [-0.15, -0.1) is 0 Å². The van der Waals surface area contributed by atoms with E-state index in [1.165, 1.54) is 111 Å². The van der Waals surface area contributed by atoms with Gasteiger partial charge in [0.15, 0.2) is 0 Å². The fraction of sp³-hybridized carbons (Fsp3) is 0.0820. The Bertz CT molecular complexity index is 3340. The van der Waals surface area contributed by atoms with Crippen LogP contribution >= 0.6 is 0 Å². The molecular formula is C61H44. The second kappa shape index (κ2) is 13.9. The van der Waals surface area contributed by atoms with Crippen LogP contribution in [0.3, 0.4) is 0 Å². The Morgan fingerprint density at radius 2 is 0.902 bits per heavy atom. The second-order valence-corrected chi connectivity index (χ2v) is 17.6. The van der Waals surface area contributed by atoms with E-state index in [1.807, 2.05) is 0 Å². The highest BCUT2D eigenvalue weighted by molar-refractivity contribution is 5.92. The van der Waals surface area contributed by atoms with Crippen LogP contribution in [-0.4, -0.2) is 0 Å². The third kappa shape index (κ3) is 5.74. The third-order valence-corrected chi connectivity index (χ3v) is 13.9. The van der Waals surface area contributed by atoms with Gasteiger partial charge in [-0.05, 0) is 123 Å². The van der Waals surface area contributed by atoms with Gasteiger partial charge in [0.2, 0.25) is 0 Å². The second-order valence-electron chi connectivity index (χ2n) is 17.6. The molecule has 0 N–H and O–H groups in total. The Kier molecular flexibility index (Phi) is 8.12. The lowest BCUT2D eigenvalue weighted by molar-refractivity contribution is 0.659. The fourth-order valence-electron chi connectivity index (χ4n) is 10.8. The predicted molar refractivity (Wildman–Crippen MR) is 257 cm³/mol. The summed E-state index contributed by atoms with van der Waals surface area (Å²) < 4.78 is 0. The minimum Gasteiger partial charge on any atom is -0.0619 e. The molecule has 0 spiro atoms. The van der Waals surface area contributed by atoms with Crippen LogP contribution in [0.2, 0.25) is 0 Å². The van der Waals surface area contributed by atoms with Gasteiger partial charge < -0.3 is 0 Å². The van der Waals surface area contributed by atoms with Crippen LogP contribution in [0.4, 0.5) is 0 Å². The maximum Gasteiger partial charge on any atom is 0.0358 e. The third-order valence-electron chi connectivity index (χ3n) is 13.9. The minimum atomic E-state index is -0.0640. The van der Waals surface area contributed by atoms with Gasteiger partial charge in [-0.1, -0.05) is 220 Å². The summed E-state index contributed by atoms with van der Waals surface area (Å²) in [6, 6.07) is 82.0. The van der Waals surface area contributed by atoms with Gasteiger partial charge in [0.25, 0.3) is 0 Å². The van der Waals surface area contributed by atoms with E-state index in [2.05, 4.69) is 232 Å². The molecule has 0 aliphatic heterocycles. The molecule has 10 aromatic rings. The van der Waals surface area contributed by atoms with Gasteiger partial charge in [0, 0.05) is 17.3 Å². The van der Waals surface area contributed by atoms with Crippen molar-refractivity contribution in [1.82, 2.24) is 0 Å². The van der Waals surface area contributed by atoms with Gasteiger partial charge in [-0.3, -0.25) is 0 Å². The molecule has 0 aromatic heterocycles. The van der Waals surface area contributed by atoms with Crippen molar-refractivity contribution in [3.05, 3.63) is 263 Å². The largest absolute Gasteiger partial charge is 0.0619 e. The molecule has 2 aliphatic carbocycles. The molecule has 0 saturated carbocycles. The molecule has 0 fully saturated rings. The highest BCUT2D eigenvalue weighted by Gasteiger charge is 2.36. The SMILES string of the molecule is CC1(C)c2ccccc2-c2ccc(C(c3ccc(-c4cccc(-c5ccc6c(c5)-c5ccccc5C6c5cccc6ccccc56)c4)cc3)c3ccc4ccccc4c3)cc21. The first-order valence-electron chi connectivity index (χ1n) is 21.6. The van der Waals surface area contributed by atoms with E-state index in [0.717, 1.165) is 0 Å². The van der Waals surface area contributed by atoms with Gasteiger partial charge in [0.1, 0.15) is 0 Å². The van der Waals surface area contributed by atoms with E-state index in [1.54, 1.807) is 0 Å². The van der Waals surface area contributed by atoms with Crippen molar-refractivity contribution in [2.75, 3.05) is 0 Å². The first kappa shape index (κ1) is 35.6. The molecule has 0 radical (unpaired) electrons. The normalized spacial score (nSPS) is 15.0. The number of hydrogen-bond donors (Lipinski definition) is 0. The smallest absolute Gasteiger partial charge is 0.0358 e. The van der Waals surface area contributed by atoms with Crippen molar-refractivity contribution < 1.29 is 0 Å². The minimum absolute atomic E-state index is 0.0640. The average molecular weight is 777 g/mol. The first-order valence-corrected chi connectivity index (χ1v) is 21.6. The molecule has 2 atom stereocenters. The molecular weight excluding hydrogens is 733 g/mol. The van der Waals surface area contributed by atoms with Crippen LogP contribution in [0.1, 0.15) is 70.2 Å². The monoisotopic (exact) mass is 776 g/mol. The quantitative estimate of drug-likeness (QED) is 0.148. The number of fused-ring (bicyclic) bond motifs is 8. The fourth-order valence-corrected chi connectivity index (χ4v) is 10.8. The Balaban J connectivity index is 0.910. The van der Waals surface area contributed by atoms with E-state index in [0.29, 0.717) is 0 Å². The summed E-state index contributed by atoms with van der Waals surface area (Å²) in [5.41, 5.74) is 21.1. The summed E-state index contributed by atoms with van der Waals surface area (Å²) in [4.78, 5) is 0. The van der Waals surface area contributed by atoms with Crippen LogP contribution in [0, 0.1) is 0 Å². The molecule has 12 rings (SSSR count). The van der Waals surface area contributed by atoms with Crippen LogP contribution in [0.5, 0.6) is 0 Å². The summed E-state index contributed by atoms with van der Waals surface area (Å²) >= 11 is 0. The standard InChI is InChI=1S/C61H44/c1-61(2)57-24-10-9-21-51(57)52-33-32-48(38-58(52)61)59(47-30-27-39-13-3-4-15-43(39)36-47)42-28-25-40(26-29-42)44-17-11-18-45(35-44)46-31-34-55-56(37-46)50-20-7-8-22-54(50)60(55)53-23-12-16-41-14-5-6-19-49(41)53/h3-38,59-60H,1-2H3. The van der Waals surface area contributed by atoms with E-state index in [-0.39, 0.29) is 17.3 Å². The molecule has 0 amide bonds. The predicted octanol–water partition coefficient (Wildman–Crippen LogP) is 16.0. The lowest BCUT2D eigenvalue weighted by Gasteiger charge is -2.25. The Hall–Kier alpha value is -7.28. The number of rotatable bonds is 6. The van der Waals surface area contributed by atoms with Gasteiger partial charge in [-0.2, -0.15) is 0 Å². The summed E-state index contributed by atoms with van der Waals surface area (Å²) in [5, 5.41) is 5.15. The zero-order valence-electron chi connectivity index (χ0n) is 34.4. The summed E-state index contributed by atoms with van der Waals surface area (Å²) in [6.07, 6.45) is 0. The zero-order chi connectivity index (χ0) is 40.7. The number of benzene rings is 10. The molecule has 10 aromatic carbocycles. The number of hydrogen-bond acceptors (Lipinski definition) is 0. The van der Waals surface area contributed by atoms with E-state index >= 15 is 0 Å². The molecule has 61 heavy (non-hydrogen) atoms. The Labute approximate surface area is 358 Å². The summed E-state index contributed by atoms with van der Waals surface area (Å²) in [7, 11) is 0. The highest BCUT2D eigenvalue weighted by Crippen LogP contribution is 2.52. The van der Waals surface area contributed by atoms with Crippen molar-refractivity contribution in [3.63, 3.8) is 0 Å². The van der Waals surface area contributed by atoms with Gasteiger partial charge in [0.05, 0.1) is 0 Å². The van der Waals surface area contributed by atoms with Crippen LogP contribution < -0.4 is 0 Å². The lowest BCUT2D eigenvalue weighted by Crippen LogP contribution is -2.15. The van der Waals surface area contributed by atoms with Crippen molar-refractivity contribution >= 4 is 21.5 Å². The maximum atomic E-state index is 2.49. The highest BCUT2D eigenvalue weighted by atomic mass is 14.4. The van der Waals surface area contributed by atoms with Gasteiger partial charge in [-0.25, -0.2) is 0 Å². The van der Waals surface area contributed by atoms with Gasteiger partial charge >= 0.3 is 0 Å². The maximum absolute atomic E-state index is 2.49. The molecule has 0 saturated heterocycles. The van der Waals surface area contributed by atoms with E-state index in [9.17, 15) is 0 Å². The molecule has 0 heterocycles. The molecule has 2 aliphatic rings.